The van der Waals surface area contributed by atoms with E-state index < -0.39 is 5.91 Å². The summed E-state index contributed by atoms with van der Waals surface area (Å²) in [6.45, 7) is 1.51. The predicted octanol–water partition coefficient (Wildman–Crippen LogP) is 1.02. The Bertz CT molecular complexity index is 866. The maximum Gasteiger partial charge on any atom is 0.257 e. The normalized spacial score (nSPS) is 11.5. The summed E-state index contributed by atoms with van der Waals surface area (Å²) in [4.78, 5) is 40.8. The molecule has 7 heteroatoms. The molecule has 0 aliphatic rings. The summed E-state index contributed by atoms with van der Waals surface area (Å²) in [5.41, 5.74) is 0.204. The first-order valence-electron chi connectivity index (χ1n) is 7.47. The minimum Gasteiger partial charge on any atom is -0.360 e. The molecule has 0 fully saturated rings. The molecule has 0 spiro atoms. The highest BCUT2D eigenvalue weighted by atomic mass is 16.2. The van der Waals surface area contributed by atoms with Crippen LogP contribution in [0.2, 0.25) is 0 Å². The van der Waals surface area contributed by atoms with Gasteiger partial charge < -0.3 is 15.2 Å². The van der Waals surface area contributed by atoms with E-state index in [1.165, 1.54) is 11.1 Å². The summed E-state index contributed by atoms with van der Waals surface area (Å²) in [5.74, 6) is -0.944. The minimum absolute atomic E-state index is 0.0470. The van der Waals surface area contributed by atoms with Crippen LogP contribution in [0.1, 0.15) is 23.7 Å². The molecule has 0 bridgehead atoms. The van der Waals surface area contributed by atoms with Crippen LogP contribution >= 0.6 is 0 Å². The van der Waals surface area contributed by atoms with Crippen LogP contribution in [0.3, 0.4) is 0 Å². The molecule has 2 N–H and O–H groups in total. The van der Waals surface area contributed by atoms with Crippen LogP contribution in [0, 0.1) is 11.3 Å². The van der Waals surface area contributed by atoms with Crippen molar-refractivity contribution in [2.75, 3.05) is 13.6 Å². The molecule has 1 aromatic carbocycles. The second-order valence-electron chi connectivity index (χ2n) is 5.48. The van der Waals surface area contributed by atoms with Crippen LogP contribution < -0.4 is 10.7 Å². The number of pyridine rings is 1. The third kappa shape index (κ3) is 3.60. The summed E-state index contributed by atoms with van der Waals surface area (Å²) in [7, 11) is 1.57. The van der Waals surface area contributed by atoms with Gasteiger partial charge in [0, 0.05) is 30.2 Å². The number of rotatable bonds is 5. The fourth-order valence-corrected chi connectivity index (χ4v) is 2.23. The minimum atomic E-state index is -0.614. The number of amides is 2. The SMILES string of the molecule is CC(CC#N)N(C)C(=O)CNC(=O)c1c[nH]c2ccccc2c1=O. The molecule has 0 aliphatic heterocycles. The molecule has 1 unspecified atom stereocenters. The monoisotopic (exact) mass is 326 g/mol. The summed E-state index contributed by atoms with van der Waals surface area (Å²) in [6.07, 6.45) is 1.55. The lowest BCUT2D eigenvalue weighted by molar-refractivity contribution is -0.130. The van der Waals surface area contributed by atoms with Crippen LogP contribution in [-0.4, -0.2) is 41.3 Å². The highest BCUT2D eigenvalue weighted by molar-refractivity contribution is 5.98. The van der Waals surface area contributed by atoms with Gasteiger partial charge in [-0.25, -0.2) is 0 Å². The lowest BCUT2D eigenvalue weighted by Gasteiger charge is -2.23. The highest BCUT2D eigenvalue weighted by Gasteiger charge is 2.18. The number of nitrogens with zero attached hydrogens (tertiary/aromatic N) is 2. The Balaban J connectivity index is 2.08. The maximum atomic E-state index is 12.3. The Labute approximate surface area is 138 Å². The van der Waals surface area contributed by atoms with Crippen molar-refractivity contribution in [3.05, 3.63) is 46.2 Å². The second-order valence-corrected chi connectivity index (χ2v) is 5.48. The number of nitrogens with one attached hydrogen (secondary N) is 2. The van der Waals surface area contributed by atoms with Crippen molar-refractivity contribution < 1.29 is 9.59 Å². The van der Waals surface area contributed by atoms with E-state index in [2.05, 4.69) is 10.3 Å². The number of H-pyrrole nitrogens is 1. The third-order valence-electron chi connectivity index (χ3n) is 3.87. The van der Waals surface area contributed by atoms with Crippen LogP contribution in [-0.2, 0) is 4.79 Å². The van der Waals surface area contributed by atoms with Crippen molar-refractivity contribution in [2.45, 2.75) is 19.4 Å². The standard InChI is InChI=1S/C17H18N4O3/c1-11(7-8-18)21(2)15(22)10-20-17(24)13-9-19-14-6-4-3-5-12(14)16(13)23/h3-6,9,11H,7,10H2,1-2H3,(H,19,23)(H,20,24). The zero-order chi connectivity index (χ0) is 17.7. The van der Waals surface area contributed by atoms with Gasteiger partial charge in [0.2, 0.25) is 11.3 Å². The van der Waals surface area contributed by atoms with Gasteiger partial charge in [0.15, 0.2) is 0 Å². The largest absolute Gasteiger partial charge is 0.360 e. The molecule has 0 radical (unpaired) electrons. The quantitative estimate of drug-likeness (QED) is 0.855. The van der Waals surface area contributed by atoms with Crippen molar-refractivity contribution in [2.24, 2.45) is 0 Å². The van der Waals surface area contributed by atoms with Crippen molar-refractivity contribution in [1.82, 2.24) is 15.2 Å². The molecule has 0 aliphatic carbocycles. The Morgan fingerprint density at radius 2 is 2.08 bits per heavy atom. The molecule has 2 rings (SSSR count). The molecular formula is C17H18N4O3. The molecule has 1 heterocycles. The van der Waals surface area contributed by atoms with Crippen molar-refractivity contribution in [1.29, 1.82) is 5.26 Å². The first-order valence-corrected chi connectivity index (χ1v) is 7.47. The second kappa shape index (κ2) is 7.42. The first kappa shape index (κ1) is 17.2. The first-order chi connectivity index (χ1) is 11.5. The molecule has 1 aromatic heterocycles. The number of para-hydroxylation sites is 1. The Kier molecular flexibility index (Phi) is 5.32. The molecule has 124 valence electrons. The number of hydrogen-bond acceptors (Lipinski definition) is 4. The molecule has 24 heavy (non-hydrogen) atoms. The van der Waals surface area contributed by atoms with Gasteiger partial charge in [-0.1, -0.05) is 12.1 Å². The summed E-state index contributed by atoms with van der Waals surface area (Å²) >= 11 is 0. The van der Waals surface area contributed by atoms with E-state index in [0.717, 1.165) is 0 Å². The van der Waals surface area contributed by atoms with E-state index in [-0.39, 0.29) is 35.9 Å². The van der Waals surface area contributed by atoms with E-state index in [0.29, 0.717) is 10.9 Å². The Morgan fingerprint density at radius 3 is 2.79 bits per heavy atom. The number of likely N-dealkylation sites (N-methyl/N-ethyl adjacent to an activating group) is 1. The van der Waals surface area contributed by atoms with E-state index in [9.17, 15) is 14.4 Å². The number of fused-ring (bicyclic) bond motifs is 1. The van der Waals surface area contributed by atoms with Crippen LogP contribution in [0.4, 0.5) is 0 Å². The van der Waals surface area contributed by atoms with E-state index in [1.54, 1.807) is 38.2 Å². The van der Waals surface area contributed by atoms with Crippen molar-refractivity contribution in [3.8, 4) is 6.07 Å². The summed E-state index contributed by atoms with van der Waals surface area (Å²) < 4.78 is 0. The molecule has 2 amide bonds. The summed E-state index contributed by atoms with van der Waals surface area (Å²) in [5, 5.41) is 11.5. The van der Waals surface area contributed by atoms with Crippen LogP contribution in [0.25, 0.3) is 10.9 Å². The van der Waals surface area contributed by atoms with Gasteiger partial charge in [-0.3, -0.25) is 14.4 Å². The van der Waals surface area contributed by atoms with E-state index in [1.807, 2.05) is 6.07 Å². The fourth-order valence-electron chi connectivity index (χ4n) is 2.23. The molecule has 7 nitrogen and oxygen atoms in total. The molecular weight excluding hydrogens is 308 g/mol. The average molecular weight is 326 g/mol. The zero-order valence-corrected chi connectivity index (χ0v) is 13.5. The van der Waals surface area contributed by atoms with E-state index in [4.69, 9.17) is 5.26 Å². The molecule has 2 aromatic rings. The van der Waals surface area contributed by atoms with Crippen LogP contribution in [0.15, 0.2) is 35.3 Å². The molecule has 1 atom stereocenters. The highest BCUT2D eigenvalue weighted by Crippen LogP contribution is 2.07. The van der Waals surface area contributed by atoms with Gasteiger partial charge in [-0.15, -0.1) is 0 Å². The summed E-state index contributed by atoms with van der Waals surface area (Å²) in [6, 6.07) is 8.62. The number of aromatic nitrogens is 1. The number of benzene rings is 1. The van der Waals surface area contributed by atoms with Gasteiger partial charge >= 0.3 is 0 Å². The van der Waals surface area contributed by atoms with Gasteiger partial charge in [0.1, 0.15) is 5.56 Å². The maximum absolute atomic E-state index is 12.3. The van der Waals surface area contributed by atoms with Crippen molar-refractivity contribution >= 4 is 22.7 Å². The number of nitriles is 1. The lowest BCUT2D eigenvalue weighted by atomic mass is 10.1. The number of carbonyl (C=O) groups excluding carboxylic acids is 2. The third-order valence-corrected chi connectivity index (χ3v) is 3.87. The molecule has 0 saturated carbocycles. The predicted molar refractivity (Wildman–Crippen MR) is 89.4 cm³/mol. The van der Waals surface area contributed by atoms with Gasteiger partial charge in [-0.2, -0.15) is 5.26 Å². The van der Waals surface area contributed by atoms with Gasteiger partial charge in [0.25, 0.3) is 5.91 Å². The fraction of sp³-hybridized carbons (Fsp3) is 0.294. The van der Waals surface area contributed by atoms with Crippen LogP contribution in [0.5, 0.6) is 0 Å². The van der Waals surface area contributed by atoms with Gasteiger partial charge in [0.05, 0.1) is 19.0 Å². The van der Waals surface area contributed by atoms with Gasteiger partial charge in [-0.05, 0) is 19.1 Å². The lowest BCUT2D eigenvalue weighted by Crippen LogP contribution is -2.42. The zero-order valence-electron chi connectivity index (χ0n) is 13.5. The van der Waals surface area contributed by atoms with E-state index >= 15 is 0 Å². The number of aromatic amines is 1. The van der Waals surface area contributed by atoms with Crippen molar-refractivity contribution in [3.63, 3.8) is 0 Å². The smallest absolute Gasteiger partial charge is 0.257 e. The average Bonchev–Trinajstić information content (AvgIpc) is 2.59. The number of hydrogen-bond donors (Lipinski definition) is 2. The Morgan fingerprint density at radius 1 is 1.38 bits per heavy atom. The number of carbonyl (C=O) groups is 2. The Hall–Kier alpha value is -3.14. The topological polar surface area (TPSA) is 106 Å². The molecule has 0 saturated heterocycles.